The first-order valence-electron chi connectivity index (χ1n) is 8.64. The maximum Gasteiger partial charge on any atom is 0.253 e. The van der Waals surface area contributed by atoms with Gasteiger partial charge in [-0.3, -0.25) is 4.79 Å². The molecule has 128 valence electrons. The van der Waals surface area contributed by atoms with Crippen molar-refractivity contribution < 1.29 is 4.74 Å². The van der Waals surface area contributed by atoms with Crippen molar-refractivity contribution in [3.8, 4) is 5.75 Å². The molecular weight excluding hydrogens is 312 g/mol. The van der Waals surface area contributed by atoms with E-state index in [0.29, 0.717) is 0 Å². The number of benzene rings is 2. The number of methoxy groups -OCH3 is 1. The van der Waals surface area contributed by atoms with Crippen LogP contribution >= 0.6 is 0 Å². The Kier molecular flexibility index (Phi) is 3.75. The number of pyridine rings is 1. The van der Waals surface area contributed by atoms with Crippen LogP contribution < -0.4 is 15.2 Å². The van der Waals surface area contributed by atoms with Crippen LogP contribution in [0.1, 0.15) is 17.5 Å². The molecule has 3 aromatic rings. The second kappa shape index (κ2) is 5.96. The van der Waals surface area contributed by atoms with E-state index in [0.717, 1.165) is 47.3 Å². The van der Waals surface area contributed by atoms with Crippen molar-refractivity contribution in [2.24, 2.45) is 7.05 Å². The number of hydrogen-bond donors (Lipinski definition) is 0. The number of nitrogens with zero attached hydrogens (tertiary/aromatic N) is 2. The molecule has 1 aliphatic heterocycles. The van der Waals surface area contributed by atoms with Crippen molar-refractivity contribution in [1.29, 1.82) is 0 Å². The van der Waals surface area contributed by atoms with Crippen molar-refractivity contribution in [1.82, 2.24) is 4.57 Å². The number of ether oxygens (including phenoxy) is 1. The summed E-state index contributed by atoms with van der Waals surface area (Å²) in [6.45, 7) is 2.83. The Bertz CT molecular complexity index is 1020. The smallest absolute Gasteiger partial charge is 0.253 e. The van der Waals surface area contributed by atoms with Gasteiger partial charge in [-0.15, -0.1) is 0 Å². The van der Waals surface area contributed by atoms with Crippen molar-refractivity contribution in [2.75, 3.05) is 18.6 Å². The highest BCUT2D eigenvalue weighted by molar-refractivity contribution is 5.96. The molecule has 4 rings (SSSR count). The van der Waals surface area contributed by atoms with Gasteiger partial charge in [-0.25, -0.2) is 0 Å². The standard InChI is InChI=1S/C21H22N2O2/c1-14-11-17-19(22(2)21(14)24)12-16(25-3)13-20(17)23-10-6-8-15-7-4-5-9-18(15)23/h4-5,7,9,11-13H,6,8,10H2,1-3H3. The number of para-hydroxylation sites is 1. The fourth-order valence-electron chi connectivity index (χ4n) is 3.80. The number of aromatic nitrogens is 1. The topological polar surface area (TPSA) is 34.5 Å². The monoisotopic (exact) mass is 334 g/mol. The minimum atomic E-state index is 0.0331. The van der Waals surface area contributed by atoms with Crippen molar-refractivity contribution in [3.63, 3.8) is 0 Å². The van der Waals surface area contributed by atoms with Gasteiger partial charge in [0.2, 0.25) is 0 Å². The van der Waals surface area contributed by atoms with Gasteiger partial charge in [0.15, 0.2) is 0 Å². The van der Waals surface area contributed by atoms with Gasteiger partial charge in [0.1, 0.15) is 5.75 Å². The van der Waals surface area contributed by atoms with Gasteiger partial charge >= 0.3 is 0 Å². The summed E-state index contributed by atoms with van der Waals surface area (Å²) in [7, 11) is 3.49. The average molecular weight is 334 g/mol. The molecule has 0 amide bonds. The molecule has 0 bridgehead atoms. The molecule has 0 spiro atoms. The average Bonchev–Trinajstić information content (AvgIpc) is 2.65. The van der Waals surface area contributed by atoms with Gasteiger partial charge in [-0.1, -0.05) is 18.2 Å². The first-order valence-corrected chi connectivity index (χ1v) is 8.64. The SMILES string of the molecule is COc1cc(N2CCCc3ccccc32)c2cc(C)c(=O)n(C)c2c1. The summed E-state index contributed by atoms with van der Waals surface area (Å²) in [5, 5.41) is 1.08. The lowest BCUT2D eigenvalue weighted by atomic mass is 9.99. The Balaban J connectivity index is 2.04. The minimum Gasteiger partial charge on any atom is -0.497 e. The maximum atomic E-state index is 12.4. The van der Waals surface area contributed by atoms with Crippen LogP contribution in [0, 0.1) is 6.92 Å². The lowest BCUT2D eigenvalue weighted by molar-refractivity contribution is 0.415. The van der Waals surface area contributed by atoms with Gasteiger partial charge in [0, 0.05) is 42.4 Å². The summed E-state index contributed by atoms with van der Waals surface area (Å²) in [6.07, 6.45) is 2.21. The number of rotatable bonds is 2. The predicted octanol–water partition coefficient (Wildman–Crippen LogP) is 3.94. The third-order valence-corrected chi connectivity index (χ3v) is 5.11. The van der Waals surface area contributed by atoms with Crippen LogP contribution in [0.2, 0.25) is 0 Å². The van der Waals surface area contributed by atoms with E-state index < -0.39 is 0 Å². The molecule has 2 aromatic carbocycles. The lowest BCUT2D eigenvalue weighted by Crippen LogP contribution is -2.26. The van der Waals surface area contributed by atoms with E-state index in [1.165, 1.54) is 11.3 Å². The molecule has 2 heterocycles. The third-order valence-electron chi connectivity index (χ3n) is 5.11. The van der Waals surface area contributed by atoms with E-state index in [-0.39, 0.29) is 5.56 Å². The number of fused-ring (bicyclic) bond motifs is 2. The molecule has 0 atom stereocenters. The summed E-state index contributed by atoms with van der Waals surface area (Å²) < 4.78 is 7.24. The fraction of sp³-hybridized carbons (Fsp3) is 0.286. The summed E-state index contributed by atoms with van der Waals surface area (Å²) in [5.74, 6) is 0.768. The van der Waals surface area contributed by atoms with Gasteiger partial charge in [0.05, 0.1) is 18.3 Å². The summed E-state index contributed by atoms with van der Waals surface area (Å²) >= 11 is 0. The molecule has 4 heteroatoms. The van der Waals surface area contributed by atoms with Crippen molar-refractivity contribution in [3.05, 3.63) is 63.9 Å². The minimum absolute atomic E-state index is 0.0331. The summed E-state index contributed by atoms with van der Waals surface area (Å²) in [5.41, 5.74) is 5.40. The predicted molar refractivity (Wildman–Crippen MR) is 102 cm³/mol. The molecule has 0 N–H and O–H groups in total. The van der Waals surface area contributed by atoms with Crippen LogP contribution in [-0.4, -0.2) is 18.2 Å². The molecular formula is C21H22N2O2. The lowest BCUT2D eigenvalue weighted by Gasteiger charge is -2.32. The van der Waals surface area contributed by atoms with Crippen LogP contribution in [0.5, 0.6) is 5.75 Å². The first-order chi connectivity index (χ1) is 12.1. The Morgan fingerprint density at radius 3 is 2.68 bits per heavy atom. The van der Waals surface area contributed by atoms with E-state index >= 15 is 0 Å². The van der Waals surface area contributed by atoms with Crippen LogP contribution in [0.15, 0.2) is 47.3 Å². The molecule has 0 unspecified atom stereocenters. The number of aryl methyl sites for hydroxylation is 3. The molecule has 0 fully saturated rings. The maximum absolute atomic E-state index is 12.4. The molecule has 0 saturated carbocycles. The Morgan fingerprint density at radius 1 is 1.08 bits per heavy atom. The van der Waals surface area contributed by atoms with E-state index in [4.69, 9.17) is 4.74 Å². The molecule has 0 aliphatic carbocycles. The Morgan fingerprint density at radius 2 is 1.88 bits per heavy atom. The van der Waals surface area contributed by atoms with E-state index in [1.807, 2.05) is 26.1 Å². The zero-order valence-electron chi connectivity index (χ0n) is 14.9. The number of hydrogen-bond acceptors (Lipinski definition) is 3. The zero-order valence-corrected chi connectivity index (χ0v) is 14.9. The van der Waals surface area contributed by atoms with Crippen molar-refractivity contribution >= 4 is 22.3 Å². The molecule has 0 radical (unpaired) electrons. The van der Waals surface area contributed by atoms with Crippen LogP contribution in [-0.2, 0) is 13.5 Å². The highest BCUT2D eigenvalue weighted by Crippen LogP contribution is 2.39. The molecule has 1 aliphatic rings. The van der Waals surface area contributed by atoms with Crippen LogP contribution in [0.3, 0.4) is 0 Å². The largest absolute Gasteiger partial charge is 0.497 e. The third kappa shape index (κ3) is 2.49. The Labute approximate surface area is 147 Å². The summed E-state index contributed by atoms with van der Waals surface area (Å²) in [6, 6.07) is 14.6. The Hall–Kier alpha value is -2.75. The summed E-state index contributed by atoms with van der Waals surface area (Å²) in [4.78, 5) is 14.7. The molecule has 0 saturated heterocycles. The van der Waals surface area contributed by atoms with E-state index in [1.54, 1.807) is 11.7 Å². The number of anilines is 2. The first kappa shape index (κ1) is 15.8. The van der Waals surface area contributed by atoms with Gasteiger partial charge in [0.25, 0.3) is 5.56 Å². The van der Waals surface area contributed by atoms with Gasteiger partial charge < -0.3 is 14.2 Å². The van der Waals surface area contributed by atoms with Crippen LogP contribution in [0.25, 0.3) is 10.9 Å². The second-order valence-corrected chi connectivity index (χ2v) is 6.65. The molecule has 1 aromatic heterocycles. The zero-order chi connectivity index (χ0) is 17.6. The quantitative estimate of drug-likeness (QED) is 0.712. The van der Waals surface area contributed by atoms with Crippen LogP contribution in [0.4, 0.5) is 11.4 Å². The fourth-order valence-corrected chi connectivity index (χ4v) is 3.80. The second-order valence-electron chi connectivity index (χ2n) is 6.65. The normalized spacial score (nSPS) is 13.8. The van der Waals surface area contributed by atoms with E-state index in [9.17, 15) is 4.79 Å². The van der Waals surface area contributed by atoms with Gasteiger partial charge in [-0.05, 0) is 37.5 Å². The highest BCUT2D eigenvalue weighted by Gasteiger charge is 2.21. The van der Waals surface area contributed by atoms with Crippen molar-refractivity contribution in [2.45, 2.75) is 19.8 Å². The molecule has 25 heavy (non-hydrogen) atoms. The molecule has 4 nitrogen and oxygen atoms in total. The van der Waals surface area contributed by atoms with Gasteiger partial charge in [-0.2, -0.15) is 0 Å². The van der Waals surface area contributed by atoms with E-state index in [2.05, 4.69) is 35.2 Å². The highest BCUT2D eigenvalue weighted by atomic mass is 16.5.